The van der Waals surface area contributed by atoms with E-state index in [2.05, 4.69) is 15.3 Å². The van der Waals surface area contributed by atoms with Crippen LogP contribution < -0.4 is 10.1 Å². The molecule has 0 saturated heterocycles. The molecule has 1 atom stereocenters. The molecule has 4 N–H and O–H groups in total. The number of aromatic amines is 1. The van der Waals surface area contributed by atoms with Crippen LogP contribution in [0.15, 0.2) is 42.7 Å². The van der Waals surface area contributed by atoms with Crippen molar-refractivity contribution in [1.82, 2.24) is 9.97 Å². The molecule has 0 radical (unpaired) electrons. The number of carboxylic acid groups (broad SMARTS) is 2. The number of nitrogens with zero attached hydrogens (tertiary/aromatic N) is 1. The maximum Gasteiger partial charge on any atom is 0.328 e. The van der Waals surface area contributed by atoms with Crippen LogP contribution >= 0.6 is 0 Å². The zero-order valence-electron chi connectivity index (χ0n) is 15.2. The third-order valence-electron chi connectivity index (χ3n) is 4.09. The molecule has 9 heteroatoms. The molecular formula is C19H21N3O6. The number of imidazole rings is 1. The summed E-state index contributed by atoms with van der Waals surface area (Å²) in [7, 11) is 1.60. The van der Waals surface area contributed by atoms with Gasteiger partial charge in [0, 0.05) is 30.2 Å². The summed E-state index contributed by atoms with van der Waals surface area (Å²) in [5.41, 5.74) is 2.89. The van der Waals surface area contributed by atoms with Gasteiger partial charge in [0.15, 0.2) is 0 Å². The van der Waals surface area contributed by atoms with Gasteiger partial charge in [0.2, 0.25) is 5.91 Å². The summed E-state index contributed by atoms with van der Waals surface area (Å²) >= 11 is 0. The molecule has 1 aromatic carbocycles. The van der Waals surface area contributed by atoms with Gasteiger partial charge in [-0.1, -0.05) is 12.1 Å². The topological polar surface area (TPSA) is 142 Å². The molecule has 3 rings (SSSR count). The lowest BCUT2D eigenvalue weighted by atomic mass is 9.89. The van der Waals surface area contributed by atoms with Gasteiger partial charge < -0.3 is 25.3 Å². The Morgan fingerprint density at radius 1 is 1.21 bits per heavy atom. The fourth-order valence-corrected chi connectivity index (χ4v) is 2.75. The van der Waals surface area contributed by atoms with Crippen LogP contribution in [0.25, 0.3) is 0 Å². The highest BCUT2D eigenvalue weighted by molar-refractivity contribution is 5.94. The lowest BCUT2D eigenvalue weighted by Gasteiger charge is -2.21. The standard InChI is InChI=1S/C15H17N3O2.C4H4O4/c1-20-14-5-3-2-4-12(14)18-15(19)10-6-7-11-13(8-10)17-9-16-11;5-3(6)1-2-4(7)8/h2-5,9-10H,6-8H2,1H3,(H,16,17)(H,18,19);1-2H,(H,5,6)(H,7,8). The van der Waals surface area contributed by atoms with Crippen LogP contribution in [0.3, 0.4) is 0 Å². The molecule has 1 aromatic heterocycles. The number of rotatable bonds is 5. The fraction of sp³-hybridized carbons (Fsp3) is 0.263. The molecule has 1 aliphatic rings. The molecule has 1 amide bonds. The summed E-state index contributed by atoms with van der Waals surface area (Å²) in [5, 5.41) is 18.6. The minimum Gasteiger partial charge on any atom is -0.495 e. The Labute approximate surface area is 161 Å². The number of aromatic nitrogens is 2. The third kappa shape index (κ3) is 5.97. The number of aryl methyl sites for hydroxylation is 1. The van der Waals surface area contributed by atoms with Crippen LogP contribution in [0.5, 0.6) is 5.75 Å². The van der Waals surface area contributed by atoms with Crippen molar-refractivity contribution in [2.45, 2.75) is 19.3 Å². The number of carbonyl (C=O) groups excluding carboxylic acids is 1. The Hall–Kier alpha value is -3.62. The average Bonchev–Trinajstić information content (AvgIpc) is 3.15. The molecule has 1 unspecified atom stereocenters. The second-order valence-electron chi connectivity index (χ2n) is 5.97. The summed E-state index contributed by atoms with van der Waals surface area (Å²) in [5.74, 6) is -1.82. The summed E-state index contributed by atoms with van der Waals surface area (Å²) in [4.78, 5) is 38.8. The molecule has 0 spiro atoms. The maximum atomic E-state index is 12.4. The molecule has 1 heterocycles. The van der Waals surface area contributed by atoms with Crippen LogP contribution in [0.1, 0.15) is 17.8 Å². The van der Waals surface area contributed by atoms with E-state index >= 15 is 0 Å². The SMILES string of the molecule is COc1ccccc1NC(=O)C1CCc2nc[nH]c2C1.O=C(O)C=CC(=O)O. The minimum atomic E-state index is -1.26. The van der Waals surface area contributed by atoms with Crippen molar-refractivity contribution in [3.8, 4) is 5.75 Å². The number of fused-ring (bicyclic) bond motifs is 1. The highest BCUT2D eigenvalue weighted by atomic mass is 16.5. The molecule has 2 aromatic rings. The third-order valence-corrected chi connectivity index (χ3v) is 4.09. The monoisotopic (exact) mass is 387 g/mol. The van der Waals surface area contributed by atoms with E-state index in [1.165, 1.54) is 0 Å². The van der Waals surface area contributed by atoms with Crippen molar-refractivity contribution in [1.29, 1.82) is 0 Å². The first-order chi connectivity index (χ1) is 13.4. The van der Waals surface area contributed by atoms with Gasteiger partial charge in [-0.25, -0.2) is 14.6 Å². The highest BCUT2D eigenvalue weighted by Gasteiger charge is 2.26. The summed E-state index contributed by atoms with van der Waals surface area (Å²) in [6.45, 7) is 0. The second-order valence-corrected chi connectivity index (χ2v) is 5.97. The maximum absolute atomic E-state index is 12.4. The quantitative estimate of drug-likeness (QED) is 0.574. The lowest BCUT2D eigenvalue weighted by molar-refractivity contribution is -0.134. The van der Waals surface area contributed by atoms with Crippen molar-refractivity contribution >= 4 is 23.5 Å². The Morgan fingerprint density at radius 2 is 1.89 bits per heavy atom. The number of methoxy groups -OCH3 is 1. The smallest absolute Gasteiger partial charge is 0.328 e. The number of para-hydroxylation sites is 2. The molecule has 28 heavy (non-hydrogen) atoms. The van der Waals surface area contributed by atoms with E-state index < -0.39 is 11.9 Å². The van der Waals surface area contributed by atoms with Crippen LogP contribution in [-0.2, 0) is 27.2 Å². The number of nitrogens with one attached hydrogen (secondary N) is 2. The van der Waals surface area contributed by atoms with E-state index in [-0.39, 0.29) is 11.8 Å². The first-order valence-corrected chi connectivity index (χ1v) is 8.49. The molecule has 0 bridgehead atoms. The van der Waals surface area contributed by atoms with Gasteiger partial charge in [-0.3, -0.25) is 4.79 Å². The van der Waals surface area contributed by atoms with Crippen LogP contribution in [0.2, 0.25) is 0 Å². The van der Waals surface area contributed by atoms with Crippen LogP contribution in [0.4, 0.5) is 5.69 Å². The van der Waals surface area contributed by atoms with Gasteiger partial charge in [-0.05, 0) is 25.0 Å². The van der Waals surface area contributed by atoms with Crippen molar-refractivity contribution in [3.63, 3.8) is 0 Å². The number of amides is 1. The number of carboxylic acids is 2. The van der Waals surface area contributed by atoms with E-state index in [0.29, 0.717) is 17.9 Å². The predicted octanol–water partition coefficient (Wildman–Crippen LogP) is 1.87. The fourth-order valence-electron chi connectivity index (χ4n) is 2.75. The molecular weight excluding hydrogens is 366 g/mol. The number of anilines is 1. The van der Waals surface area contributed by atoms with Gasteiger partial charge in [0.05, 0.1) is 24.8 Å². The van der Waals surface area contributed by atoms with Gasteiger partial charge >= 0.3 is 11.9 Å². The number of benzene rings is 1. The van der Waals surface area contributed by atoms with E-state index in [1.54, 1.807) is 13.4 Å². The molecule has 0 fully saturated rings. The largest absolute Gasteiger partial charge is 0.495 e. The molecule has 1 aliphatic carbocycles. The number of aliphatic carboxylic acids is 2. The minimum absolute atomic E-state index is 0.0205. The van der Waals surface area contributed by atoms with Gasteiger partial charge in [-0.2, -0.15) is 0 Å². The Bertz CT molecular complexity index is 858. The number of ether oxygens (including phenoxy) is 1. The van der Waals surface area contributed by atoms with Crippen molar-refractivity contribution < 1.29 is 29.3 Å². The van der Waals surface area contributed by atoms with Crippen molar-refractivity contribution in [3.05, 3.63) is 54.1 Å². The zero-order chi connectivity index (χ0) is 20.5. The zero-order valence-corrected chi connectivity index (χ0v) is 15.2. The van der Waals surface area contributed by atoms with E-state index in [4.69, 9.17) is 14.9 Å². The van der Waals surface area contributed by atoms with Gasteiger partial charge in [0.25, 0.3) is 0 Å². The predicted molar refractivity (Wildman–Crippen MR) is 100 cm³/mol. The Balaban J connectivity index is 0.000000300. The van der Waals surface area contributed by atoms with E-state index in [9.17, 15) is 14.4 Å². The normalized spacial score (nSPS) is 15.1. The van der Waals surface area contributed by atoms with Crippen LogP contribution in [0, 0.1) is 5.92 Å². The molecule has 0 aliphatic heterocycles. The number of carbonyl (C=O) groups is 3. The second kappa shape index (κ2) is 9.91. The molecule has 9 nitrogen and oxygen atoms in total. The Kier molecular flexibility index (Phi) is 7.32. The average molecular weight is 387 g/mol. The summed E-state index contributed by atoms with van der Waals surface area (Å²) < 4.78 is 5.25. The number of H-pyrrole nitrogens is 1. The van der Waals surface area contributed by atoms with Crippen molar-refractivity contribution in [2.24, 2.45) is 5.92 Å². The first kappa shape index (κ1) is 20.7. The van der Waals surface area contributed by atoms with E-state index in [1.807, 2.05) is 24.3 Å². The lowest BCUT2D eigenvalue weighted by Crippen LogP contribution is -2.28. The number of hydrogen-bond acceptors (Lipinski definition) is 5. The van der Waals surface area contributed by atoms with Crippen LogP contribution in [-0.4, -0.2) is 45.1 Å². The Morgan fingerprint density at radius 3 is 2.54 bits per heavy atom. The summed E-state index contributed by atoms with van der Waals surface area (Å²) in [6.07, 6.45) is 5.22. The first-order valence-electron chi connectivity index (χ1n) is 8.49. The number of hydrogen-bond donors (Lipinski definition) is 4. The molecule has 0 saturated carbocycles. The van der Waals surface area contributed by atoms with Crippen molar-refractivity contribution in [2.75, 3.05) is 12.4 Å². The van der Waals surface area contributed by atoms with Gasteiger partial charge in [0.1, 0.15) is 5.75 Å². The van der Waals surface area contributed by atoms with Gasteiger partial charge in [-0.15, -0.1) is 0 Å². The molecule has 148 valence electrons. The summed E-state index contributed by atoms with van der Waals surface area (Å²) in [6, 6.07) is 7.45. The van der Waals surface area contributed by atoms with E-state index in [0.717, 1.165) is 36.3 Å². The highest BCUT2D eigenvalue weighted by Crippen LogP contribution is 2.27.